The normalized spacial score (nSPS) is 15.8. The fourth-order valence-corrected chi connectivity index (χ4v) is 4.19. The van der Waals surface area contributed by atoms with Gasteiger partial charge in [0, 0.05) is 13.1 Å². The maximum atomic E-state index is 13.4. The van der Waals surface area contributed by atoms with Crippen LogP contribution in [0.2, 0.25) is 0 Å². The topological polar surface area (TPSA) is 105 Å². The Labute approximate surface area is 199 Å². The summed E-state index contributed by atoms with van der Waals surface area (Å²) in [5.41, 5.74) is 10.3. The van der Waals surface area contributed by atoms with Gasteiger partial charge in [0.25, 0.3) is 0 Å². The fraction of sp³-hybridized carbons (Fsp3) is 0.259. The summed E-state index contributed by atoms with van der Waals surface area (Å²) < 4.78 is 5.32. The minimum Gasteiger partial charge on any atom is -0.508 e. The van der Waals surface area contributed by atoms with Crippen molar-refractivity contribution in [1.29, 1.82) is 0 Å². The Morgan fingerprint density at radius 1 is 0.971 bits per heavy atom. The van der Waals surface area contributed by atoms with Crippen molar-refractivity contribution in [2.24, 2.45) is 5.73 Å². The molecule has 176 valence electrons. The number of fused-ring (bicyclic) bond motifs is 1. The molecule has 1 aliphatic rings. The Kier molecular flexibility index (Phi) is 7.44. The van der Waals surface area contributed by atoms with Gasteiger partial charge in [-0.3, -0.25) is 4.79 Å². The zero-order valence-corrected chi connectivity index (χ0v) is 18.9. The summed E-state index contributed by atoms with van der Waals surface area (Å²) >= 11 is 0. The molecule has 4 N–H and O–H groups in total. The Morgan fingerprint density at radius 2 is 1.65 bits per heavy atom. The highest BCUT2D eigenvalue weighted by Gasteiger charge is 2.32. The van der Waals surface area contributed by atoms with Crippen molar-refractivity contribution < 1.29 is 19.4 Å². The van der Waals surface area contributed by atoms with Crippen molar-refractivity contribution in [2.45, 2.75) is 38.1 Å². The van der Waals surface area contributed by atoms with E-state index >= 15 is 0 Å². The summed E-state index contributed by atoms with van der Waals surface area (Å²) in [4.78, 5) is 27.4. The van der Waals surface area contributed by atoms with Crippen molar-refractivity contribution in [3.8, 4) is 5.75 Å². The van der Waals surface area contributed by atoms with Gasteiger partial charge in [-0.25, -0.2) is 4.79 Å². The van der Waals surface area contributed by atoms with Crippen LogP contribution in [0.5, 0.6) is 5.75 Å². The third kappa shape index (κ3) is 5.94. The number of phenols is 1. The van der Waals surface area contributed by atoms with E-state index < -0.39 is 12.1 Å². The molecule has 3 aromatic rings. The summed E-state index contributed by atoms with van der Waals surface area (Å²) in [6.45, 7) is 0.879. The molecular weight excluding hydrogens is 430 g/mol. The van der Waals surface area contributed by atoms with Crippen molar-refractivity contribution >= 4 is 12.0 Å². The van der Waals surface area contributed by atoms with Gasteiger partial charge < -0.3 is 25.8 Å². The summed E-state index contributed by atoms with van der Waals surface area (Å²) in [6.07, 6.45) is 0.451. The first-order valence-corrected chi connectivity index (χ1v) is 11.3. The largest absolute Gasteiger partial charge is 0.508 e. The molecule has 1 heterocycles. The molecular formula is C27H29N3O4. The molecule has 0 spiro atoms. The molecule has 0 saturated heterocycles. The van der Waals surface area contributed by atoms with E-state index in [1.807, 2.05) is 54.6 Å². The van der Waals surface area contributed by atoms with Crippen molar-refractivity contribution in [3.63, 3.8) is 0 Å². The molecule has 0 aromatic heterocycles. The molecule has 0 fully saturated rings. The second kappa shape index (κ2) is 10.9. The lowest BCUT2D eigenvalue weighted by atomic mass is 9.92. The third-order valence-corrected chi connectivity index (χ3v) is 6.04. The van der Waals surface area contributed by atoms with Crippen molar-refractivity contribution in [2.75, 3.05) is 6.54 Å². The maximum absolute atomic E-state index is 13.4. The monoisotopic (exact) mass is 459 g/mol. The Balaban J connectivity index is 1.41. The summed E-state index contributed by atoms with van der Waals surface area (Å²) in [6, 6.07) is 23.2. The van der Waals surface area contributed by atoms with Gasteiger partial charge in [-0.15, -0.1) is 0 Å². The average Bonchev–Trinajstić information content (AvgIpc) is 2.87. The zero-order valence-electron chi connectivity index (χ0n) is 18.9. The molecule has 7 heteroatoms. The molecule has 1 unspecified atom stereocenters. The lowest BCUT2D eigenvalue weighted by Crippen LogP contribution is -2.55. The van der Waals surface area contributed by atoms with Gasteiger partial charge in [-0.2, -0.15) is 0 Å². The molecule has 0 radical (unpaired) electrons. The highest BCUT2D eigenvalue weighted by atomic mass is 16.5. The third-order valence-electron chi connectivity index (χ3n) is 6.04. The molecule has 0 aliphatic carbocycles. The van der Waals surface area contributed by atoms with Crippen LogP contribution in [-0.4, -0.2) is 40.6 Å². The van der Waals surface area contributed by atoms with Crippen LogP contribution in [0.15, 0.2) is 78.9 Å². The molecule has 34 heavy (non-hydrogen) atoms. The smallest absolute Gasteiger partial charge is 0.407 e. The van der Waals surface area contributed by atoms with Crippen LogP contribution in [-0.2, 0) is 35.5 Å². The minimum absolute atomic E-state index is 0.168. The number of hydrogen-bond donors (Lipinski definition) is 3. The van der Waals surface area contributed by atoms with Crippen LogP contribution in [0.4, 0.5) is 4.79 Å². The van der Waals surface area contributed by atoms with Crippen LogP contribution in [0, 0.1) is 0 Å². The predicted octanol–water partition coefficient (Wildman–Crippen LogP) is 3.14. The van der Waals surface area contributed by atoms with E-state index in [0.29, 0.717) is 19.4 Å². The van der Waals surface area contributed by atoms with E-state index in [1.165, 1.54) is 0 Å². The number of alkyl carbamates (subject to hydrolysis) is 1. The van der Waals surface area contributed by atoms with E-state index in [1.54, 1.807) is 29.2 Å². The average molecular weight is 460 g/mol. The number of carbonyl (C=O) groups is 2. The molecule has 4 rings (SSSR count). The number of phenolic OH excluding ortho intramolecular Hbond substituents is 1. The fourth-order valence-electron chi connectivity index (χ4n) is 4.19. The first-order chi connectivity index (χ1) is 16.5. The van der Waals surface area contributed by atoms with E-state index in [-0.39, 0.29) is 30.9 Å². The number of amides is 2. The van der Waals surface area contributed by atoms with Gasteiger partial charge in [-0.05, 0) is 47.2 Å². The van der Waals surface area contributed by atoms with Crippen LogP contribution in [0.25, 0.3) is 0 Å². The minimum atomic E-state index is -0.734. The van der Waals surface area contributed by atoms with Crippen LogP contribution < -0.4 is 11.1 Å². The highest BCUT2D eigenvalue weighted by molar-refractivity contribution is 5.82. The number of nitrogens with zero attached hydrogens (tertiary/aromatic N) is 1. The van der Waals surface area contributed by atoms with Gasteiger partial charge in [0.15, 0.2) is 0 Å². The predicted molar refractivity (Wildman–Crippen MR) is 129 cm³/mol. The van der Waals surface area contributed by atoms with E-state index in [9.17, 15) is 14.7 Å². The quantitative estimate of drug-likeness (QED) is 0.504. The number of nitrogens with one attached hydrogen (secondary N) is 1. The Bertz CT molecular complexity index is 1120. The maximum Gasteiger partial charge on any atom is 0.407 e. The summed E-state index contributed by atoms with van der Waals surface area (Å²) in [7, 11) is 0. The molecule has 3 aromatic carbocycles. The number of hydrogen-bond acceptors (Lipinski definition) is 5. The zero-order chi connectivity index (χ0) is 23.9. The number of ether oxygens (including phenoxy) is 1. The number of carbonyl (C=O) groups excluding carboxylic acids is 2. The summed E-state index contributed by atoms with van der Waals surface area (Å²) in [5.74, 6) is -0.00592. The lowest BCUT2D eigenvalue weighted by molar-refractivity contribution is -0.136. The van der Waals surface area contributed by atoms with E-state index in [2.05, 4.69) is 5.32 Å². The van der Waals surface area contributed by atoms with Gasteiger partial charge in [0.1, 0.15) is 12.4 Å². The summed E-state index contributed by atoms with van der Waals surface area (Å²) in [5, 5.41) is 12.3. The van der Waals surface area contributed by atoms with Crippen molar-refractivity contribution in [3.05, 3.63) is 101 Å². The van der Waals surface area contributed by atoms with Crippen molar-refractivity contribution in [1.82, 2.24) is 10.2 Å². The molecule has 0 saturated carbocycles. The number of benzene rings is 3. The van der Waals surface area contributed by atoms with Gasteiger partial charge in [-0.1, -0.05) is 66.7 Å². The van der Waals surface area contributed by atoms with Gasteiger partial charge in [0.2, 0.25) is 5.91 Å². The second-order valence-electron chi connectivity index (χ2n) is 8.51. The second-order valence-corrected chi connectivity index (χ2v) is 8.51. The van der Waals surface area contributed by atoms with Crippen LogP contribution >= 0.6 is 0 Å². The highest BCUT2D eigenvalue weighted by Crippen LogP contribution is 2.24. The molecule has 7 nitrogen and oxygen atoms in total. The number of rotatable bonds is 7. The standard InChI is InChI=1S/C27H29N3O4/c28-25(14-19-10-12-24(31)13-11-19)26(32)30-17-22-9-5-4-8-21(22)15-23(30)16-29-27(33)34-18-20-6-2-1-3-7-20/h1-13,23,25,31H,14-18,28H2,(H,29,33)/t23?,25-/m0/s1. The molecule has 2 atom stereocenters. The Morgan fingerprint density at radius 3 is 2.38 bits per heavy atom. The lowest BCUT2D eigenvalue weighted by Gasteiger charge is -2.38. The Hall–Kier alpha value is -3.84. The van der Waals surface area contributed by atoms with Gasteiger partial charge in [0.05, 0.1) is 12.1 Å². The SMILES string of the molecule is N[C@@H](Cc1ccc(O)cc1)C(=O)N1Cc2ccccc2CC1CNC(=O)OCc1ccccc1. The number of nitrogens with two attached hydrogens (primary N) is 1. The van der Waals surface area contributed by atoms with Crippen LogP contribution in [0.3, 0.4) is 0 Å². The first-order valence-electron chi connectivity index (χ1n) is 11.3. The van der Waals surface area contributed by atoms with E-state index in [4.69, 9.17) is 10.5 Å². The molecule has 0 bridgehead atoms. The molecule has 2 amide bonds. The molecule has 1 aliphatic heterocycles. The van der Waals surface area contributed by atoms with Crippen LogP contribution in [0.1, 0.15) is 22.3 Å². The van der Waals surface area contributed by atoms with Gasteiger partial charge >= 0.3 is 6.09 Å². The van der Waals surface area contributed by atoms with E-state index in [0.717, 1.165) is 22.3 Å². The number of aromatic hydroxyl groups is 1. The first kappa shape index (κ1) is 23.3.